The van der Waals surface area contributed by atoms with E-state index in [1.165, 1.54) is 0 Å². The summed E-state index contributed by atoms with van der Waals surface area (Å²) < 4.78 is 0. The van der Waals surface area contributed by atoms with Crippen LogP contribution in [0.4, 0.5) is 0 Å². The van der Waals surface area contributed by atoms with Gasteiger partial charge in [-0.2, -0.15) is 0 Å². The normalized spacial score (nSPS) is 13.9. The van der Waals surface area contributed by atoms with Crippen molar-refractivity contribution in [1.29, 1.82) is 0 Å². The Bertz CT molecular complexity index is 188. The molecule has 0 spiro atoms. The van der Waals surface area contributed by atoms with E-state index in [1.54, 1.807) is 0 Å². The highest BCUT2D eigenvalue weighted by Crippen LogP contribution is 1.96. The van der Waals surface area contributed by atoms with Gasteiger partial charge in [-0.15, -0.1) is 0 Å². The van der Waals surface area contributed by atoms with Crippen LogP contribution in [0.2, 0.25) is 0 Å². The van der Waals surface area contributed by atoms with E-state index in [0.29, 0.717) is 6.04 Å². The number of allylic oxidation sites excluding steroid dienone is 2. The third kappa shape index (κ3) is 5.52. The van der Waals surface area contributed by atoms with Crippen LogP contribution < -0.4 is 0 Å². The molecule has 0 radical (unpaired) electrons. The maximum Gasteiger partial charge on any atom is 0.0446 e. The van der Waals surface area contributed by atoms with Gasteiger partial charge in [0, 0.05) is 17.5 Å². The zero-order valence-electron chi connectivity index (χ0n) is 7.76. The number of hydrogen-bond acceptors (Lipinski definition) is 2. The average molecular weight is 152 g/mol. The van der Waals surface area contributed by atoms with Crippen molar-refractivity contribution in [3.05, 3.63) is 11.8 Å². The van der Waals surface area contributed by atoms with Crippen molar-refractivity contribution < 1.29 is 0 Å². The number of nitrogens with zero attached hydrogens (tertiary/aromatic N) is 2. The molecule has 0 atom stereocenters. The van der Waals surface area contributed by atoms with Crippen LogP contribution >= 0.6 is 0 Å². The minimum absolute atomic E-state index is 0.351. The minimum Gasteiger partial charge on any atom is -0.287 e. The van der Waals surface area contributed by atoms with Crippen LogP contribution in [0, 0.1) is 0 Å². The molecule has 0 saturated carbocycles. The molecule has 2 heteroatoms. The Morgan fingerprint density at radius 1 is 1.36 bits per heavy atom. The van der Waals surface area contributed by atoms with Gasteiger partial charge in [0.2, 0.25) is 0 Å². The number of rotatable bonds is 3. The molecule has 0 aliphatic rings. The van der Waals surface area contributed by atoms with Crippen molar-refractivity contribution >= 4 is 12.4 Å². The van der Waals surface area contributed by atoms with E-state index >= 15 is 0 Å². The molecular formula is C9H16N2. The first-order valence-electron chi connectivity index (χ1n) is 3.75. The molecule has 0 saturated heterocycles. The molecule has 0 unspecified atom stereocenters. The Morgan fingerprint density at radius 3 is 2.27 bits per heavy atom. The van der Waals surface area contributed by atoms with E-state index in [2.05, 4.69) is 16.7 Å². The molecule has 0 fully saturated rings. The molecule has 11 heavy (non-hydrogen) atoms. The maximum absolute atomic E-state index is 4.32. The third-order valence-electron chi connectivity index (χ3n) is 1.13. The van der Waals surface area contributed by atoms with Crippen LogP contribution in [-0.4, -0.2) is 18.5 Å². The summed E-state index contributed by atoms with van der Waals surface area (Å²) in [5.41, 5.74) is 1.91. The lowest BCUT2D eigenvalue weighted by Gasteiger charge is -1.97. The molecule has 0 amide bonds. The van der Waals surface area contributed by atoms with Crippen LogP contribution in [0.5, 0.6) is 0 Å². The van der Waals surface area contributed by atoms with Crippen molar-refractivity contribution in [3.63, 3.8) is 0 Å². The Balaban J connectivity index is 4.26. The standard InChI is InChI=1S/C9H16N2/c1-7(2)11-9(4)6-8(3)10-5/h6-7H,5H2,1-4H3/b8-6-,11-9-. The van der Waals surface area contributed by atoms with Gasteiger partial charge in [0.1, 0.15) is 0 Å². The van der Waals surface area contributed by atoms with Gasteiger partial charge in [0.15, 0.2) is 0 Å². The summed E-state index contributed by atoms with van der Waals surface area (Å²) in [5, 5.41) is 0. The molecule has 0 bridgehead atoms. The summed E-state index contributed by atoms with van der Waals surface area (Å²) in [4.78, 5) is 8.08. The monoisotopic (exact) mass is 152 g/mol. The maximum atomic E-state index is 4.32. The van der Waals surface area contributed by atoms with Gasteiger partial charge in [-0.05, 0) is 40.5 Å². The van der Waals surface area contributed by atoms with Crippen molar-refractivity contribution in [2.75, 3.05) is 0 Å². The van der Waals surface area contributed by atoms with Crippen molar-refractivity contribution in [1.82, 2.24) is 0 Å². The molecule has 0 aromatic heterocycles. The highest BCUT2D eigenvalue weighted by atomic mass is 14.8. The zero-order valence-corrected chi connectivity index (χ0v) is 7.76. The lowest BCUT2D eigenvalue weighted by molar-refractivity contribution is 0.836. The van der Waals surface area contributed by atoms with E-state index in [9.17, 15) is 0 Å². The first-order chi connectivity index (χ1) is 5.06. The van der Waals surface area contributed by atoms with Crippen LogP contribution in [0.25, 0.3) is 0 Å². The van der Waals surface area contributed by atoms with Gasteiger partial charge < -0.3 is 0 Å². The summed E-state index contributed by atoms with van der Waals surface area (Å²) in [6, 6.07) is 0.351. The second kappa shape index (κ2) is 4.83. The first kappa shape index (κ1) is 10.1. The zero-order chi connectivity index (χ0) is 8.85. The molecule has 0 aliphatic heterocycles. The predicted octanol–water partition coefficient (Wildman–Crippen LogP) is 2.46. The van der Waals surface area contributed by atoms with Gasteiger partial charge in [-0.25, -0.2) is 0 Å². The molecule has 0 heterocycles. The molecule has 62 valence electrons. The summed E-state index contributed by atoms with van der Waals surface area (Å²) in [6.45, 7) is 11.4. The van der Waals surface area contributed by atoms with Crippen LogP contribution in [-0.2, 0) is 0 Å². The summed E-state index contributed by atoms with van der Waals surface area (Å²) in [7, 11) is 0. The van der Waals surface area contributed by atoms with Gasteiger partial charge >= 0.3 is 0 Å². The highest BCUT2D eigenvalue weighted by molar-refractivity contribution is 5.93. The summed E-state index contributed by atoms with van der Waals surface area (Å²) >= 11 is 0. The molecule has 0 N–H and O–H groups in total. The van der Waals surface area contributed by atoms with Gasteiger partial charge in [-0.3, -0.25) is 9.98 Å². The fourth-order valence-corrected chi connectivity index (χ4v) is 0.792. The van der Waals surface area contributed by atoms with Crippen molar-refractivity contribution in [2.45, 2.75) is 33.7 Å². The van der Waals surface area contributed by atoms with Crippen molar-refractivity contribution in [2.24, 2.45) is 9.98 Å². The van der Waals surface area contributed by atoms with Gasteiger partial charge in [0.25, 0.3) is 0 Å². The molecular weight excluding hydrogens is 136 g/mol. The van der Waals surface area contributed by atoms with E-state index in [4.69, 9.17) is 0 Å². The predicted molar refractivity (Wildman–Crippen MR) is 51.6 cm³/mol. The van der Waals surface area contributed by atoms with Gasteiger partial charge in [0.05, 0.1) is 0 Å². The minimum atomic E-state index is 0.351. The Kier molecular flexibility index (Phi) is 4.42. The van der Waals surface area contributed by atoms with Crippen LogP contribution in [0.15, 0.2) is 21.8 Å². The van der Waals surface area contributed by atoms with Gasteiger partial charge in [-0.1, -0.05) is 0 Å². The fourth-order valence-electron chi connectivity index (χ4n) is 0.792. The van der Waals surface area contributed by atoms with E-state index in [0.717, 1.165) is 11.4 Å². The summed E-state index contributed by atoms with van der Waals surface area (Å²) in [6.07, 6.45) is 1.92. The number of hydrogen-bond donors (Lipinski definition) is 0. The molecule has 0 aromatic carbocycles. The highest BCUT2D eigenvalue weighted by Gasteiger charge is 1.89. The fraction of sp³-hybridized carbons (Fsp3) is 0.556. The lowest BCUT2D eigenvalue weighted by Crippen LogP contribution is -1.95. The van der Waals surface area contributed by atoms with E-state index in [1.807, 2.05) is 33.8 Å². The molecule has 2 nitrogen and oxygen atoms in total. The number of aliphatic imine (C=N–C) groups is 2. The average Bonchev–Trinajstić information content (AvgIpc) is 1.85. The Morgan fingerprint density at radius 2 is 1.91 bits per heavy atom. The Hall–Kier alpha value is -0.920. The van der Waals surface area contributed by atoms with E-state index in [-0.39, 0.29) is 0 Å². The lowest BCUT2D eigenvalue weighted by atomic mass is 10.3. The second-order valence-corrected chi connectivity index (χ2v) is 2.81. The Labute approximate surface area is 68.8 Å². The first-order valence-corrected chi connectivity index (χ1v) is 3.75. The van der Waals surface area contributed by atoms with E-state index < -0.39 is 0 Å². The van der Waals surface area contributed by atoms with Crippen LogP contribution in [0.3, 0.4) is 0 Å². The quantitative estimate of drug-likeness (QED) is 0.555. The third-order valence-corrected chi connectivity index (χ3v) is 1.13. The molecule has 0 rings (SSSR count). The van der Waals surface area contributed by atoms with Crippen LogP contribution in [0.1, 0.15) is 27.7 Å². The second-order valence-electron chi connectivity index (χ2n) is 2.81. The molecule has 0 aliphatic carbocycles. The SMILES string of the molecule is C=N/C(C)=C\C(C)=N/C(C)C. The largest absolute Gasteiger partial charge is 0.287 e. The molecule has 0 aromatic rings. The smallest absolute Gasteiger partial charge is 0.0446 e. The van der Waals surface area contributed by atoms with Crippen molar-refractivity contribution in [3.8, 4) is 0 Å². The topological polar surface area (TPSA) is 24.7 Å². The summed E-state index contributed by atoms with van der Waals surface area (Å²) in [5.74, 6) is 0.